The fourth-order valence-corrected chi connectivity index (χ4v) is 5.14. The Hall–Kier alpha value is 0.200. The van der Waals surface area contributed by atoms with Gasteiger partial charge in [-0.3, -0.25) is 0 Å². The highest BCUT2D eigenvalue weighted by atomic mass is 35.5. The van der Waals surface area contributed by atoms with E-state index in [0.717, 1.165) is 32.5 Å². The van der Waals surface area contributed by atoms with Crippen molar-refractivity contribution in [1.29, 1.82) is 0 Å². The van der Waals surface area contributed by atoms with Gasteiger partial charge in [-0.15, -0.1) is 11.6 Å². The lowest BCUT2D eigenvalue weighted by molar-refractivity contribution is 0.000186. The summed E-state index contributed by atoms with van der Waals surface area (Å²) in [6, 6.07) is 0. The molecule has 1 atom stereocenters. The van der Waals surface area contributed by atoms with E-state index in [9.17, 15) is 8.42 Å². The smallest absolute Gasteiger partial charge is 0.150 e. The molecule has 2 rings (SSSR count). The summed E-state index contributed by atoms with van der Waals surface area (Å²) < 4.78 is 28.3. The molecule has 2 fully saturated rings. The predicted octanol–water partition coefficient (Wildman–Crippen LogP) is 1.46. The molecule has 88 valence electrons. The first kappa shape index (κ1) is 11.7. The van der Waals surface area contributed by atoms with Gasteiger partial charge in [-0.2, -0.15) is 0 Å². The Kier molecular flexibility index (Phi) is 3.29. The zero-order chi connectivity index (χ0) is 10.9. The molecule has 2 heterocycles. The first-order chi connectivity index (χ1) is 7.08. The summed E-state index contributed by atoms with van der Waals surface area (Å²) in [6.45, 7) is 1.45. The molecular weight excluding hydrogens is 236 g/mol. The maximum absolute atomic E-state index is 11.5. The highest BCUT2D eigenvalue weighted by Crippen LogP contribution is 2.44. The Morgan fingerprint density at radius 2 is 2.00 bits per heavy atom. The van der Waals surface area contributed by atoms with Gasteiger partial charge in [0, 0.05) is 19.1 Å². The second-order valence-electron chi connectivity index (χ2n) is 4.71. The standard InChI is InChI=1S/C10H17ClO3S/c11-8-10(2-4-14-5-3-10)9-1-6-15(12,13)7-9/h9H,1-8H2. The lowest BCUT2D eigenvalue weighted by Crippen LogP contribution is -2.39. The molecule has 5 heteroatoms. The molecule has 0 N–H and O–H groups in total. The van der Waals surface area contributed by atoms with Crippen molar-refractivity contribution in [2.24, 2.45) is 11.3 Å². The summed E-state index contributed by atoms with van der Waals surface area (Å²) in [4.78, 5) is 0. The SMILES string of the molecule is O=S1(=O)CCC(C2(CCl)CCOCC2)C1. The van der Waals surface area contributed by atoms with Crippen LogP contribution in [0.25, 0.3) is 0 Å². The molecule has 0 bridgehead atoms. The van der Waals surface area contributed by atoms with Gasteiger partial charge in [-0.1, -0.05) is 0 Å². The van der Waals surface area contributed by atoms with Gasteiger partial charge in [-0.05, 0) is 30.6 Å². The van der Waals surface area contributed by atoms with E-state index in [4.69, 9.17) is 16.3 Å². The molecule has 0 aliphatic carbocycles. The van der Waals surface area contributed by atoms with Crippen LogP contribution < -0.4 is 0 Å². The molecule has 0 amide bonds. The molecule has 2 saturated heterocycles. The molecule has 0 spiro atoms. The van der Waals surface area contributed by atoms with Crippen LogP contribution in [0.4, 0.5) is 0 Å². The van der Waals surface area contributed by atoms with Crippen LogP contribution in [0, 0.1) is 11.3 Å². The van der Waals surface area contributed by atoms with Crippen molar-refractivity contribution < 1.29 is 13.2 Å². The first-order valence-corrected chi connectivity index (χ1v) is 7.78. The fourth-order valence-electron chi connectivity index (χ4n) is 2.71. The third-order valence-corrected chi connectivity index (χ3v) is 6.15. The molecule has 0 aromatic rings. The molecule has 0 aromatic heterocycles. The van der Waals surface area contributed by atoms with E-state index in [1.54, 1.807) is 0 Å². The van der Waals surface area contributed by atoms with Crippen LogP contribution in [-0.2, 0) is 14.6 Å². The van der Waals surface area contributed by atoms with E-state index in [1.165, 1.54) is 0 Å². The van der Waals surface area contributed by atoms with E-state index in [2.05, 4.69) is 0 Å². The van der Waals surface area contributed by atoms with Gasteiger partial charge in [0.25, 0.3) is 0 Å². The largest absolute Gasteiger partial charge is 0.381 e. The molecule has 0 aromatic carbocycles. The summed E-state index contributed by atoms with van der Waals surface area (Å²) in [6.07, 6.45) is 2.61. The summed E-state index contributed by atoms with van der Waals surface area (Å²) in [5.74, 6) is 1.50. The third kappa shape index (κ3) is 2.32. The van der Waals surface area contributed by atoms with Crippen molar-refractivity contribution in [3.8, 4) is 0 Å². The molecule has 15 heavy (non-hydrogen) atoms. The van der Waals surface area contributed by atoms with Gasteiger partial charge in [0.15, 0.2) is 9.84 Å². The van der Waals surface area contributed by atoms with Crippen molar-refractivity contribution in [3.05, 3.63) is 0 Å². The van der Waals surface area contributed by atoms with E-state index in [1.807, 2.05) is 0 Å². The average molecular weight is 253 g/mol. The minimum Gasteiger partial charge on any atom is -0.381 e. The van der Waals surface area contributed by atoms with Crippen LogP contribution in [0.1, 0.15) is 19.3 Å². The number of alkyl halides is 1. The Morgan fingerprint density at radius 1 is 1.33 bits per heavy atom. The van der Waals surface area contributed by atoms with Gasteiger partial charge < -0.3 is 4.74 Å². The predicted molar refractivity (Wildman–Crippen MR) is 60.0 cm³/mol. The summed E-state index contributed by atoms with van der Waals surface area (Å²) in [7, 11) is -2.79. The molecule has 0 saturated carbocycles. The highest BCUT2D eigenvalue weighted by molar-refractivity contribution is 7.91. The van der Waals surface area contributed by atoms with Gasteiger partial charge in [0.1, 0.15) is 0 Å². The lowest BCUT2D eigenvalue weighted by atomic mass is 9.71. The van der Waals surface area contributed by atoms with Crippen LogP contribution in [0.5, 0.6) is 0 Å². The summed E-state index contributed by atoms with van der Waals surface area (Å²) in [5, 5.41) is 0. The van der Waals surface area contributed by atoms with Crippen molar-refractivity contribution in [2.45, 2.75) is 19.3 Å². The van der Waals surface area contributed by atoms with Crippen LogP contribution in [0.15, 0.2) is 0 Å². The monoisotopic (exact) mass is 252 g/mol. The number of hydrogen-bond acceptors (Lipinski definition) is 3. The average Bonchev–Trinajstić information content (AvgIpc) is 2.60. The zero-order valence-corrected chi connectivity index (χ0v) is 10.3. The quantitative estimate of drug-likeness (QED) is 0.699. The molecule has 1 unspecified atom stereocenters. The van der Waals surface area contributed by atoms with Crippen molar-refractivity contribution >= 4 is 21.4 Å². The topological polar surface area (TPSA) is 43.4 Å². The molecule has 3 nitrogen and oxygen atoms in total. The highest BCUT2D eigenvalue weighted by Gasteiger charge is 2.44. The number of ether oxygens (including phenoxy) is 1. The Morgan fingerprint density at radius 3 is 2.47 bits per heavy atom. The number of rotatable bonds is 2. The van der Waals surface area contributed by atoms with E-state index in [0.29, 0.717) is 17.4 Å². The third-order valence-electron chi connectivity index (χ3n) is 3.85. The molecular formula is C10H17ClO3S. The van der Waals surface area contributed by atoms with Crippen LogP contribution in [0.3, 0.4) is 0 Å². The Balaban J connectivity index is 2.13. The number of halogens is 1. The second-order valence-corrected chi connectivity index (χ2v) is 7.20. The summed E-state index contributed by atoms with van der Waals surface area (Å²) in [5.41, 5.74) is 0.0172. The van der Waals surface area contributed by atoms with Crippen molar-refractivity contribution in [2.75, 3.05) is 30.6 Å². The summed E-state index contributed by atoms with van der Waals surface area (Å²) >= 11 is 6.06. The van der Waals surface area contributed by atoms with Crippen molar-refractivity contribution in [1.82, 2.24) is 0 Å². The number of sulfone groups is 1. The maximum atomic E-state index is 11.5. The minimum atomic E-state index is -2.79. The van der Waals surface area contributed by atoms with E-state index >= 15 is 0 Å². The van der Waals surface area contributed by atoms with Gasteiger partial charge in [-0.25, -0.2) is 8.42 Å². The van der Waals surface area contributed by atoms with Crippen LogP contribution in [0.2, 0.25) is 0 Å². The zero-order valence-electron chi connectivity index (χ0n) is 8.75. The Bertz CT molecular complexity index is 320. The lowest BCUT2D eigenvalue weighted by Gasteiger charge is -2.40. The van der Waals surface area contributed by atoms with Gasteiger partial charge in [0.05, 0.1) is 11.5 Å². The van der Waals surface area contributed by atoms with Crippen LogP contribution in [-0.4, -0.2) is 39.0 Å². The van der Waals surface area contributed by atoms with Gasteiger partial charge >= 0.3 is 0 Å². The first-order valence-electron chi connectivity index (χ1n) is 5.42. The van der Waals surface area contributed by atoms with E-state index in [-0.39, 0.29) is 11.3 Å². The molecule has 2 aliphatic rings. The molecule has 0 radical (unpaired) electrons. The minimum absolute atomic E-state index is 0.0172. The Labute approximate surface area is 96.1 Å². The van der Waals surface area contributed by atoms with Crippen LogP contribution >= 0.6 is 11.6 Å². The second kappa shape index (κ2) is 4.22. The number of hydrogen-bond donors (Lipinski definition) is 0. The normalized spacial score (nSPS) is 34.1. The van der Waals surface area contributed by atoms with E-state index < -0.39 is 9.84 Å². The fraction of sp³-hybridized carbons (Fsp3) is 1.00. The van der Waals surface area contributed by atoms with Crippen molar-refractivity contribution in [3.63, 3.8) is 0 Å². The molecule has 2 aliphatic heterocycles. The maximum Gasteiger partial charge on any atom is 0.150 e. The van der Waals surface area contributed by atoms with Gasteiger partial charge in [0.2, 0.25) is 0 Å².